The maximum absolute atomic E-state index is 12.3. The van der Waals surface area contributed by atoms with E-state index in [2.05, 4.69) is 46.3 Å². The number of anilines is 2. The quantitative estimate of drug-likeness (QED) is 0.451. The van der Waals surface area contributed by atoms with Gasteiger partial charge in [0.15, 0.2) is 0 Å². The van der Waals surface area contributed by atoms with Crippen LogP contribution in [0.1, 0.15) is 45.8 Å². The Balaban J connectivity index is 1.74. The fourth-order valence-corrected chi connectivity index (χ4v) is 4.96. The first-order chi connectivity index (χ1) is 16.7. The molecule has 2 heterocycles. The van der Waals surface area contributed by atoms with Gasteiger partial charge in [0, 0.05) is 16.8 Å². The number of hydrogen-bond donors (Lipinski definition) is 3. The van der Waals surface area contributed by atoms with Crippen molar-refractivity contribution >= 4 is 29.1 Å². The summed E-state index contributed by atoms with van der Waals surface area (Å²) in [7, 11) is 3.56. The SMILES string of the molecule is COc1nc(Nc2ccc(C3CCN(C)CC3)c(C)c2)nc(-c2c(Cl)ccc(O)c2C)c1C(N)=O. The van der Waals surface area contributed by atoms with Crippen LogP contribution in [-0.4, -0.2) is 53.1 Å². The lowest BCUT2D eigenvalue weighted by molar-refractivity contribution is 0.0997. The van der Waals surface area contributed by atoms with Crippen molar-refractivity contribution in [3.63, 3.8) is 0 Å². The molecule has 1 aromatic heterocycles. The number of halogens is 1. The number of amides is 1. The number of aromatic hydroxyl groups is 1. The van der Waals surface area contributed by atoms with Crippen LogP contribution in [0.2, 0.25) is 5.02 Å². The Kier molecular flexibility index (Phi) is 7.14. The van der Waals surface area contributed by atoms with Crippen LogP contribution in [0.4, 0.5) is 11.6 Å². The molecular formula is C26H30ClN5O3. The van der Waals surface area contributed by atoms with E-state index in [4.69, 9.17) is 22.1 Å². The van der Waals surface area contributed by atoms with Crippen molar-refractivity contribution in [2.45, 2.75) is 32.6 Å². The maximum atomic E-state index is 12.3. The number of phenols is 1. The number of aromatic nitrogens is 2. The molecule has 9 heteroatoms. The number of likely N-dealkylation sites (tertiary alicyclic amines) is 1. The molecule has 1 fully saturated rings. The summed E-state index contributed by atoms with van der Waals surface area (Å²) in [5, 5.41) is 13.8. The van der Waals surface area contributed by atoms with E-state index in [0.717, 1.165) is 31.6 Å². The van der Waals surface area contributed by atoms with Crippen LogP contribution >= 0.6 is 11.6 Å². The molecule has 4 N–H and O–H groups in total. The largest absolute Gasteiger partial charge is 0.508 e. The van der Waals surface area contributed by atoms with Gasteiger partial charge in [-0.25, -0.2) is 4.98 Å². The number of hydrogen-bond acceptors (Lipinski definition) is 7. The minimum Gasteiger partial charge on any atom is -0.508 e. The second kappa shape index (κ2) is 10.1. The summed E-state index contributed by atoms with van der Waals surface area (Å²) < 4.78 is 5.39. The minimum absolute atomic E-state index is 0.0116. The third kappa shape index (κ3) is 5.04. The number of rotatable bonds is 6. The molecule has 0 saturated carbocycles. The molecule has 1 aliphatic heterocycles. The zero-order valence-electron chi connectivity index (χ0n) is 20.4. The Labute approximate surface area is 210 Å². The Morgan fingerprint density at radius 3 is 2.54 bits per heavy atom. The number of ether oxygens (including phenoxy) is 1. The number of phenolic OH excluding ortho intramolecular Hbond substituents is 1. The Morgan fingerprint density at radius 2 is 1.91 bits per heavy atom. The predicted molar refractivity (Wildman–Crippen MR) is 138 cm³/mol. The van der Waals surface area contributed by atoms with Gasteiger partial charge in [-0.2, -0.15) is 4.98 Å². The molecule has 184 valence electrons. The molecule has 35 heavy (non-hydrogen) atoms. The normalized spacial score (nSPS) is 14.7. The van der Waals surface area contributed by atoms with E-state index in [1.807, 2.05) is 6.07 Å². The van der Waals surface area contributed by atoms with Crippen molar-refractivity contribution in [1.82, 2.24) is 14.9 Å². The predicted octanol–water partition coefficient (Wildman–Crippen LogP) is 4.78. The van der Waals surface area contributed by atoms with Gasteiger partial charge in [0.1, 0.15) is 11.3 Å². The Morgan fingerprint density at radius 1 is 1.20 bits per heavy atom. The van der Waals surface area contributed by atoms with Crippen molar-refractivity contribution in [2.75, 3.05) is 32.6 Å². The van der Waals surface area contributed by atoms with Gasteiger partial charge in [0.05, 0.1) is 17.8 Å². The number of nitrogens with two attached hydrogens (primary N) is 1. The minimum atomic E-state index is -0.763. The number of carbonyl (C=O) groups is 1. The van der Waals surface area contributed by atoms with Crippen LogP contribution in [0, 0.1) is 13.8 Å². The number of aryl methyl sites for hydroxylation is 1. The standard InChI is InChI=1S/C26H30ClN5O3/c1-14-13-17(5-6-18(14)16-9-11-32(3)12-10-16)29-26-30-23(22(24(28)34)25(31-26)35-4)21-15(2)20(33)8-7-19(21)27/h5-8,13,16,33H,9-12H2,1-4H3,(H2,28,34)(H,29,30,31). The van der Waals surface area contributed by atoms with Crippen molar-refractivity contribution in [1.29, 1.82) is 0 Å². The van der Waals surface area contributed by atoms with Crippen LogP contribution in [-0.2, 0) is 0 Å². The average molecular weight is 496 g/mol. The lowest BCUT2D eigenvalue weighted by atomic mass is 9.87. The fraction of sp³-hybridized carbons (Fsp3) is 0.346. The third-order valence-corrected chi connectivity index (χ3v) is 6.94. The van der Waals surface area contributed by atoms with Crippen molar-refractivity contribution in [3.8, 4) is 22.9 Å². The first kappa shape index (κ1) is 24.8. The Hall–Kier alpha value is -3.36. The zero-order valence-corrected chi connectivity index (χ0v) is 21.1. The van der Waals surface area contributed by atoms with E-state index < -0.39 is 5.91 Å². The van der Waals surface area contributed by atoms with Gasteiger partial charge in [-0.15, -0.1) is 0 Å². The lowest BCUT2D eigenvalue weighted by Gasteiger charge is -2.30. The van der Waals surface area contributed by atoms with Gasteiger partial charge in [0.2, 0.25) is 11.8 Å². The highest BCUT2D eigenvalue weighted by molar-refractivity contribution is 6.33. The molecular weight excluding hydrogens is 466 g/mol. The van der Waals surface area contributed by atoms with E-state index in [1.54, 1.807) is 6.92 Å². The van der Waals surface area contributed by atoms with Crippen LogP contribution in [0.3, 0.4) is 0 Å². The summed E-state index contributed by atoms with van der Waals surface area (Å²) >= 11 is 6.45. The first-order valence-electron chi connectivity index (χ1n) is 11.5. The van der Waals surface area contributed by atoms with E-state index in [1.165, 1.54) is 30.4 Å². The number of primary amides is 1. The smallest absolute Gasteiger partial charge is 0.256 e. The number of carbonyl (C=O) groups excluding carboxylic acids is 1. The van der Waals surface area contributed by atoms with Crippen LogP contribution in [0.25, 0.3) is 11.3 Å². The lowest BCUT2D eigenvalue weighted by Crippen LogP contribution is -2.29. The molecule has 2 aromatic carbocycles. The third-order valence-electron chi connectivity index (χ3n) is 6.62. The van der Waals surface area contributed by atoms with Gasteiger partial charge < -0.3 is 25.8 Å². The molecule has 4 rings (SSSR count). The van der Waals surface area contributed by atoms with E-state index in [0.29, 0.717) is 22.1 Å². The number of nitrogens with one attached hydrogen (secondary N) is 1. The molecule has 8 nitrogen and oxygen atoms in total. The summed E-state index contributed by atoms with van der Waals surface area (Å²) in [5.41, 5.74) is 10.0. The summed E-state index contributed by atoms with van der Waals surface area (Å²) in [6, 6.07) is 9.25. The zero-order chi connectivity index (χ0) is 25.3. The van der Waals surface area contributed by atoms with Crippen molar-refractivity contribution in [3.05, 3.63) is 57.6 Å². The molecule has 0 radical (unpaired) electrons. The van der Waals surface area contributed by atoms with Gasteiger partial charge in [-0.3, -0.25) is 4.79 Å². The first-order valence-corrected chi connectivity index (χ1v) is 11.9. The number of benzene rings is 2. The Bertz CT molecular complexity index is 1270. The highest BCUT2D eigenvalue weighted by atomic mass is 35.5. The summed E-state index contributed by atoms with van der Waals surface area (Å²) in [6.45, 7) is 6.00. The monoisotopic (exact) mass is 495 g/mol. The number of methoxy groups -OCH3 is 1. The fourth-order valence-electron chi connectivity index (χ4n) is 4.67. The molecule has 3 aromatic rings. The van der Waals surface area contributed by atoms with Crippen molar-refractivity contribution in [2.24, 2.45) is 5.73 Å². The molecule has 1 saturated heterocycles. The highest BCUT2D eigenvalue weighted by Gasteiger charge is 2.25. The summed E-state index contributed by atoms with van der Waals surface area (Å²) in [5.74, 6) is 0.0389. The van der Waals surface area contributed by atoms with Crippen LogP contribution in [0.5, 0.6) is 11.6 Å². The summed E-state index contributed by atoms with van der Waals surface area (Å²) in [6.07, 6.45) is 2.29. The molecule has 1 amide bonds. The molecule has 0 spiro atoms. The molecule has 0 aliphatic carbocycles. The molecule has 0 atom stereocenters. The van der Waals surface area contributed by atoms with E-state index >= 15 is 0 Å². The topological polar surface area (TPSA) is 114 Å². The molecule has 1 aliphatic rings. The second-order valence-electron chi connectivity index (χ2n) is 8.98. The maximum Gasteiger partial charge on any atom is 0.256 e. The van der Waals surface area contributed by atoms with Gasteiger partial charge in [-0.1, -0.05) is 17.7 Å². The van der Waals surface area contributed by atoms with Crippen molar-refractivity contribution < 1.29 is 14.6 Å². The highest BCUT2D eigenvalue weighted by Crippen LogP contribution is 2.39. The van der Waals surface area contributed by atoms with Gasteiger partial charge in [-0.05, 0) is 88.1 Å². The second-order valence-corrected chi connectivity index (χ2v) is 9.39. The van der Waals surface area contributed by atoms with Crippen LogP contribution in [0.15, 0.2) is 30.3 Å². The number of nitrogens with zero attached hydrogens (tertiary/aromatic N) is 3. The van der Waals surface area contributed by atoms with E-state index in [9.17, 15) is 9.90 Å². The van der Waals surface area contributed by atoms with Gasteiger partial charge in [0.25, 0.3) is 5.91 Å². The van der Waals surface area contributed by atoms with E-state index in [-0.39, 0.29) is 28.8 Å². The van der Waals surface area contributed by atoms with Crippen LogP contribution < -0.4 is 15.8 Å². The van der Waals surface area contributed by atoms with Gasteiger partial charge >= 0.3 is 0 Å². The molecule has 0 unspecified atom stereocenters. The number of piperidine rings is 1. The summed E-state index contributed by atoms with van der Waals surface area (Å²) in [4.78, 5) is 23.6. The molecule has 0 bridgehead atoms. The average Bonchev–Trinajstić information content (AvgIpc) is 2.82.